The lowest BCUT2D eigenvalue weighted by molar-refractivity contribution is 0.649. The van der Waals surface area contributed by atoms with Crippen molar-refractivity contribution in [3.63, 3.8) is 0 Å². The van der Waals surface area contributed by atoms with E-state index in [0.29, 0.717) is 0 Å². The minimum absolute atomic E-state index is 0.313. The molecule has 14 aromatic carbocycles. The molecule has 0 unspecified atom stereocenters. The van der Waals surface area contributed by atoms with E-state index in [9.17, 15) is 0 Å². The Labute approximate surface area is 540 Å². The SMILES string of the molecule is CC1(C)c2cc3c(cc2-c2cc4c(cc21)-c1c(cc(N(c2ccccc2-c2ccccc2)c2cccc5c2oc2ccccc25)c2ccccc12)C4(C)C)C(C)(C)c1cc(N(c2ccccc2-c2ccccc2)c2cccc4c2oc2ccccc24)c2ccccc2c1-3. The van der Waals surface area contributed by atoms with Crippen LogP contribution in [0.4, 0.5) is 34.1 Å². The smallest absolute Gasteiger partial charge is 0.159 e. The van der Waals surface area contributed by atoms with Gasteiger partial charge in [-0.3, -0.25) is 0 Å². The highest BCUT2D eigenvalue weighted by atomic mass is 16.3. The topological polar surface area (TPSA) is 32.8 Å². The third kappa shape index (κ3) is 7.49. The van der Waals surface area contributed by atoms with Crippen molar-refractivity contribution in [2.75, 3.05) is 9.80 Å². The summed E-state index contributed by atoms with van der Waals surface area (Å²) in [7, 11) is 0. The van der Waals surface area contributed by atoms with E-state index in [4.69, 9.17) is 8.83 Å². The first-order valence-corrected chi connectivity index (χ1v) is 32.6. The van der Waals surface area contributed by atoms with Gasteiger partial charge in [-0.1, -0.05) is 248 Å². The molecule has 0 bridgehead atoms. The first-order chi connectivity index (χ1) is 45.4. The van der Waals surface area contributed by atoms with E-state index < -0.39 is 0 Å². The van der Waals surface area contributed by atoms with Gasteiger partial charge in [-0.05, 0) is 161 Å². The monoisotopic (exact) mass is 1190 g/mol. The second-order valence-corrected chi connectivity index (χ2v) is 27.4. The van der Waals surface area contributed by atoms with Crippen LogP contribution in [0.5, 0.6) is 0 Å². The maximum absolute atomic E-state index is 6.96. The van der Waals surface area contributed by atoms with E-state index in [1.807, 2.05) is 0 Å². The molecule has 93 heavy (non-hydrogen) atoms. The van der Waals surface area contributed by atoms with Crippen LogP contribution >= 0.6 is 0 Å². The van der Waals surface area contributed by atoms with Gasteiger partial charge in [-0.25, -0.2) is 0 Å². The van der Waals surface area contributed by atoms with E-state index in [1.54, 1.807) is 0 Å². The summed E-state index contributed by atoms with van der Waals surface area (Å²) in [6.07, 6.45) is 0. The predicted molar refractivity (Wildman–Crippen MR) is 389 cm³/mol. The van der Waals surface area contributed by atoms with Crippen molar-refractivity contribution in [2.45, 2.75) is 57.8 Å². The number of hydrogen-bond donors (Lipinski definition) is 0. The molecule has 0 atom stereocenters. The van der Waals surface area contributed by atoms with Gasteiger partial charge in [0.1, 0.15) is 11.2 Å². The van der Waals surface area contributed by atoms with Gasteiger partial charge in [0.25, 0.3) is 0 Å². The van der Waals surface area contributed by atoms with Crippen LogP contribution in [0.15, 0.2) is 288 Å². The van der Waals surface area contributed by atoms with Gasteiger partial charge in [-0.15, -0.1) is 0 Å². The number of anilines is 6. The van der Waals surface area contributed by atoms with E-state index in [0.717, 1.165) is 100 Å². The number of rotatable bonds is 8. The molecule has 0 aliphatic heterocycles. The van der Waals surface area contributed by atoms with E-state index in [2.05, 4.69) is 330 Å². The molecule has 3 aliphatic rings. The second-order valence-electron chi connectivity index (χ2n) is 27.4. The molecular weight excluding hydrogens is 1130 g/mol. The van der Waals surface area contributed by atoms with Gasteiger partial charge in [0, 0.05) is 59.7 Å². The van der Waals surface area contributed by atoms with E-state index >= 15 is 0 Å². The quantitative estimate of drug-likeness (QED) is 0.152. The molecule has 3 aliphatic carbocycles. The Morgan fingerprint density at radius 1 is 0.226 bits per heavy atom. The minimum Gasteiger partial charge on any atom is -0.454 e. The van der Waals surface area contributed by atoms with Crippen LogP contribution in [0.1, 0.15) is 74.9 Å². The van der Waals surface area contributed by atoms with Crippen molar-refractivity contribution in [3.05, 3.63) is 312 Å². The maximum Gasteiger partial charge on any atom is 0.159 e. The van der Waals surface area contributed by atoms with Crippen LogP contribution in [0.3, 0.4) is 0 Å². The molecule has 2 heterocycles. The average Bonchev–Trinajstić information content (AvgIpc) is 1.50. The molecule has 0 saturated heterocycles. The van der Waals surface area contributed by atoms with Crippen LogP contribution in [0.2, 0.25) is 0 Å². The van der Waals surface area contributed by atoms with E-state index in [1.165, 1.54) is 88.3 Å². The Bertz CT molecular complexity index is 5500. The molecule has 4 heteroatoms. The Hall–Kier alpha value is -11.2. The zero-order valence-corrected chi connectivity index (χ0v) is 52.8. The van der Waals surface area contributed by atoms with Crippen LogP contribution in [0, 0.1) is 0 Å². The number of para-hydroxylation sites is 6. The third-order valence-electron chi connectivity index (χ3n) is 21.4. The average molecular weight is 1190 g/mol. The largest absolute Gasteiger partial charge is 0.454 e. The molecular formula is C89H64N2O2. The molecule has 0 amide bonds. The van der Waals surface area contributed by atoms with Gasteiger partial charge in [-0.2, -0.15) is 0 Å². The fourth-order valence-corrected chi connectivity index (χ4v) is 16.9. The highest BCUT2D eigenvalue weighted by molar-refractivity contribution is 6.18. The second kappa shape index (κ2) is 19.4. The van der Waals surface area contributed by atoms with E-state index in [-0.39, 0.29) is 16.2 Å². The Balaban J connectivity index is 0.789. The summed E-state index contributed by atoms with van der Waals surface area (Å²) >= 11 is 0. The normalized spacial score (nSPS) is 14.4. The molecule has 0 radical (unpaired) electrons. The number of fused-ring (bicyclic) bond motifs is 19. The summed E-state index contributed by atoms with van der Waals surface area (Å²) < 4.78 is 13.9. The summed E-state index contributed by atoms with van der Waals surface area (Å²) in [5, 5.41) is 9.25. The van der Waals surface area contributed by atoms with Crippen molar-refractivity contribution in [3.8, 4) is 55.6 Å². The lowest BCUT2D eigenvalue weighted by atomic mass is 9.78. The zero-order chi connectivity index (χ0) is 62.2. The molecule has 0 fully saturated rings. The first kappa shape index (κ1) is 53.6. The molecule has 0 N–H and O–H groups in total. The molecule has 2 aromatic heterocycles. The maximum atomic E-state index is 6.96. The van der Waals surface area contributed by atoms with Crippen LogP contribution in [-0.2, 0) is 16.2 Å². The van der Waals surface area contributed by atoms with Crippen molar-refractivity contribution in [2.24, 2.45) is 0 Å². The molecule has 442 valence electrons. The highest BCUT2D eigenvalue weighted by Gasteiger charge is 2.46. The number of hydrogen-bond acceptors (Lipinski definition) is 4. The number of furan rings is 2. The molecule has 16 aromatic rings. The summed E-state index contributed by atoms with van der Waals surface area (Å²) in [6, 6.07) is 103. The van der Waals surface area contributed by atoms with Crippen LogP contribution in [-0.4, -0.2) is 0 Å². The fraction of sp³-hybridized carbons (Fsp3) is 0.101. The minimum atomic E-state index is -0.374. The molecule has 4 nitrogen and oxygen atoms in total. The number of benzene rings is 14. The first-order valence-electron chi connectivity index (χ1n) is 32.6. The van der Waals surface area contributed by atoms with Crippen molar-refractivity contribution < 1.29 is 8.83 Å². The molecule has 0 spiro atoms. The van der Waals surface area contributed by atoms with Crippen LogP contribution in [0.25, 0.3) is 121 Å². The van der Waals surface area contributed by atoms with Crippen molar-refractivity contribution >= 4 is 99.5 Å². The standard InChI is InChI=1S/C89H64N2O2/c1-87(2)69-49-67-71(88(3,4)73-51-79(57-33-13-15-37-61(57)83(67)73)90(75-41-21-17-31-55(75)53-27-9-7-10-28-53)77-43-25-39-63-59-35-19-23-45-81(59)92-85(63)77)47-65(69)66-48-72-68(50-70(66)87)84-62-38-16-14-34-58(62)80(52-74(84)89(72,5)6)91(76-42-22-18-32-56(76)54-29-11-8-12-30-54)78-44-26-40-64-60-36-20-24-46-82(60)93-86(64)78/h7-52H,1-6H3. The van der Waals surface area contributed by atoms with Gasteiger partial charge in [0.15, 0.2) is 11.2 Å². The summed E-state index contributed by atoms with van der Waals surface area (Å²) in [5.74, 6) is 0. The van der Waals surface area contributed by atoms with Crippen molar-refractivity contribution in [1.82, 2.24) is 0 Å². The Morgan fingerprint density at radius 2 is 0.538 bits per heavy atom. The molecule has 19 rings (SSSR count). The van der Waals surface area contributed by atoms with Gasteiger partial charge in [0.2, 0.25) is 0 Å². The lowest BCUT2D eigenvalue weighted by Crippen LogP contribution is -2.18. The zero-order valence-electron chi connectivity index (χ0n) is 52.8. The highest BCUT2D eigenvalue weighted by Crippen LogP contribution is 2.63. The van der Waals surface area contributed by atoms with Gasteiger partial charge >= 0.3 is 0 Å². The third-order valence-corrected chi connectivity index (χ3v) is 21.4. The summed E-state index contributed by atoms with van der Waals surface area (Å²) in [4.78, 5) is 4.98. The summed E-state index contributed by atoms with van der Waals surface area (Å²) in [5.41, 5.74) is 29.4. The van der Waals surface area contributed by atoms with Crippen molar-refractivity contribution in [1.29, 1.82) is 0 Å². The molecule has 0 saturated carbocycles. The number of nitrogens with zero attached hydrogens (tertiary/aromatic N) is 2. The fourth-order valence-electron chi connectivity index (χ4n) is 16.9. The van der Waals surface area contributed by atoms with Crippen LogP contribution < -0.4 is 9.80 Å². The lowest BCUT2D eigenvalue weighted by Gasteiger charge is -2.31. The van der Waals surface area contributed by atoms with Gasteiger partial charge in [0.05, 0.1) is 34.1 Å². The Kier molecular flexibility index (Phi) is 11.2. The van der Waals surface area contributed by atoms with Gasteiger partial charge < -0.3 is 18.6 Å². The Morgan fingerprint density at radius 3 is 0.968 bits per heavy atom. The summed E-state index contributed by atoms with van der Waals surface area (Å²) in [6.45, 7) is 14.7. The predicted octanol–water partition coefficient (Wildman–Crippen LogP) is 25.0.